The number of rotatable bonds is 1. The number of allylic oxidation sites excluding steroid dienone is 1. The van der Waals surface area contributed by atoms with Crippen LogP contribution in [0.1, 0.15) is 38.8 Å². The summed E-state index contributed by atoms with van der Waals surface area (Å²) in [6, 6.07) is 20.1. The second kappa shape index (κ2) is 12.8. The summed E-state index contributed by atoms with van der Waals surface area (Å²) >= 11 is 0. The molecule has 2 aromatic carbocycles. The predicted molar refractivity (Wildman–Crippen MR) is 92.4 cm³/mol. The Morgan fingerprint density at radius 1 is 0.762 bits per heavy atom. The van der Waals surface area contributed by atoms with Crippen LogP contribution >= 0.6 is 0 Å². The molecule has 0 saturated heterocycles. The van der Waals surface area contributed by atoms with Crippen molar-refractivity contribution in [2.45, 2.75) is 34.1 Å². The first-order chi connectivity index (χ1) is 10.4. The SMILES string of the molecule is CC.CC.N=NC1=CCc2ccccc21.c1ccccc1. The Kier molecular flexibility index (Phi) is 11.4. The zero-order valence-corrected chi connectivity index (χ0v) is 13.5. The van der Waals surface area contributed by atoms with Gasteiger partial charge in [-0.25, -0.2) is 5.53 Å². The van der Waals surface area contributed by atoms with Gasteiger partial charge in [-0.2, -0.15) is 5.11 Å². The van der Waals surface area contributed by atoms with E-state index in [0.29, 0.717) is 0 Å². The lowest BCUT2D eigenvalue weighted by Crippen LogP contribution is -1.80. The highest BCUT2D eigenvalue weighted by Crippen LogP contribution is 2.27. The van der Waals surface area contributed by atoms with E-state index in [9.17, 15) is 0 Å². The third-order valence-corrected chi connectivity index (χ3v) is 2.60. The van der Waals surface area contributed by atoms with Crippen molar-refractivity contribution in [2.24, 2.45) is 5.11 Å². The van der Waals surface area contributed by atoms with E-state index < -0.39 is 0 Å². The number of nitrogens with zero attached hydrogens (tertiary/aromatic N) is 1. The van der Waals surface area contributed by atoms with Gasteiger partial charge >= 0.3 is 0 Å². The third kappa shape index (κ3) is 6.66. The van der Waals surface area contributed by atoms with Gasteiger partial charge in [-0.1, -0.05) is 94.4 Å². The van der Waals surface area contributed by atoms with Crippen LogP contribution in [0.3, 0.4) is 0 Å². The standard InChI is InChI=1S/C9H8N2.C6H6.2C2H6/c10-11-9-6-5-7-3-1-2-4-8(7)9;1-2-4-6-5-3-1;2*1-2/h1-4,6,10H,5H2;1-6H;2*1-2H3. The van der Waals surface area contributed by atoms with Crippen LogP contribution in [0.2, 0.25) is 0 Å². The molecule has 2 nitrogen and oxygen atoms in total. The summed E-state index contributed by atoms with van der Waals surface area (Å²) in [5, 5.41) is 3.44. The molecule has 0 aliphatic heterocycles. The molecule has 0 atom stereocenters. The van der Waals surface area contributed by atoms with Gasteiger partial charge < -0.3 is 0 Å². The molecule has 0 fully saturated rings. The van der Waals surface area contributed by atoms with Gasteiger partial charge in [0.1, 0.15) is 0 Å². The maximum Gasteiger partial charge on any atom is 0.0888 e. The molecule has 21 heavy (non-hydrogen) atoms. The average Bonchev–Trinajstić information content (AvgIpc) is 3.04. The molecular formula is C19H26N2. The van der Waals surface area contributed by atoms with Crippen molar-refractivity contribution < 1.29 is 0 Å². The number of hydrogen-bond donors (Lipinski definition) is 1. The Balaban J connectivity index is 0.000000341. The van der Waals surface area contributed by atoms with Crippen LogP contribution < -0.4 is 0 Å². The van der Waals surface area contributed by atoms with E-state index in [0.717, 1.165) is 17.7 Å². The average molecular weight is 282 g/mol. The lowest BCUT2D eigenvalue weighted by atomic mass is 10.1. The van der Waals surface area contributed by atoms with Gasteiger partial charge in [-0.3, -0.25) is 0 Å². The molecule has 3 rings (SSSR count). The van der Waals surface area contributed by atoms with Crippen LogP contribution in [0.5, 0.6) is 0 Å². The fraction of sp³-hybridized carbons (Fsp3) is 0.263. The topological polar surface area (TPSA) is 36.2 Å². The minimum atomic E-state index is 0.806. The van der Waals surface area contributed by atoms with Gasteiger partial charge in [-0.05, 0) is 12.0 Å². The molecule has 0 amide bonds. The number of nitrogens with one attached hydrogen (secondary N) is 1. The van der Waals surface area contributed by atoms with Gasteiger partial charge in [-0.15, -0.1) is 0 Å². The summed E-state index contributed by atoms with van der Waals surface area (Å²) in [6.45, 7) is 8.00. The maximum absolute atomic E-state index is 6.89. The highest BCUT2D eigenvalue weighted by Gasteiger charge is 2.11. The van der Waals surface area contributed by atoms with Crippen LogP contribution in [0.4, 0.5) is 0 Å². The summed E-state index contributed by atoms with van der Waals surface area (Å²) in [6.07, 6.45) is 2.91. The Morgan fingerprint density at radius 2 is 1.24 bits per heavy atom. The van der Waals surface area contributed by atoms with Crippen molar-refractivity contribution in [3.8, 4) is 0 Å². The summed E-state index contributed by atoms with van der Waals surface area (Å²) in [5.41, 5.74) is 10.1. The van der Waals surface area contributed by atoms with Crippen LogP contribution in [0.25, 0.3) is 5.70 Å². The Morgan fingerprint density at radius 3 is 1.71 bits per heavy atom. The lowest BCUT2D eigenvalue weighted by Gasteiger charge is -1.96. The predicted octanol–water partition coefficient (Wildman–Crippen LogP) is 6.35. The Hall–Kier alpha value is -2.22. The first-order valence-electron chi connectivity index (χ1n) is 7.58. The second-order valence-electron chi connectivity index (χ2n) is 3.72. The minimum Gasteiger partial charge on any atom is -0.204 e. The summed E-state index contributed by atoms with van der Waals surface area (Å²) in [4.78, 5) is 0. The van der Waals surface area contributed by atoms with Crippen LogP contribution in [0, 0.1) is 5.53 Å². The van der Waals surface area contributed by atoms with Crippen molar-refractivity contribution in [3.05, 3.63) is 77.9 Å². The van der Waals surface area contributed by atoms with Gasteiger partial charge in [0.25, 0.3) is 0 Å². The molecule has 1 aliphatic carbocycles. The Bertz CT molecular complexity index is 489. The molecule has 1 N–H and O–H groups in total. The van der Waals surface area contributed by atoms with Crippen molar-refractivity contribution in [1.82, 2.24) is 0 Å². The molecular weight excluding hydrogens is 256 g/mol. The molecule has 0 bridgehead atoms. The normalized spacial score (nSPS) is 10.2. The first kappa shape index (κ1) is 18.8. The van der Waals surface area contributed by atoms with E-state index in [1.54, 1.807) is 0 Å². The highest BCUT2D eigenvalue weighted by molar-refractivity contribution is 5.71. The second-order valence-corrected chi connectivity index (χ2v) is 3.72. The van der Waals surface area contributed by atoms with E-state index in [4.69, 9.17) is 5.53 Å². The molecule has 0 aromatic heterocycles. The van der Waals surface area contributed by atoms with Gasteiger partial charge in [0.05, 0.1) is 5.70 Å². The summed E-state index contributed by atoms with van der Waals surface area (Å²) in [7, 11) is 0. The van der Waals surface area contributed by atoms with Crippen molar-refractivity contribution in [1.29, 1.82) is 5.53 Å². The smallest absolute Gasteiger partial charge is 0.0888 e. The zero-order chi connectivity index (χ0) is 15.9. The van der Waals surface area contributed by atoms with Crippen molar-refractivity contribution >= 4 is 5.70 Å². The van der Waals surface area contributed by atoms with Crippen molar-refractivity contribution in [3.63, 3.8) is 0 Å². The van der Waals surface area contributed by atoms with E-state index in [1.807, 2.05) is 88.4 Å². The van der Waals surface area contributed by atoms with E-state index >= 15 is 0 Å². The zero-order valence-electron chi connectivity index (χ0n) is 13.5. The van der Waals surface area contributed by atoms with Crippen LogP contribution in [-0.2, 0) is 6.42 Å². The molecule has 112 valence electrons. The molecule has 2 aromatic rings. The molecule has 0 heterocycles. The summed E-state index contributed by atoms with van der Waals surface area (Å²) < 4.78 is 0. The molecule has 0 saturated carbocycles. The molecule has 2 heteroatoms. The van der Waals surface area contributed by atoms with Gasteiger partial charge in [0.2, 0.25) is 0 Å². The summed E-state index contributed by atoms with van der Waals surface area (Å²) in [5.74, 6) is 0. The largest absolute Gasteiger partial charge is 0.204 e. The van der Waals surface area contributed by atoms with E-state index in [-0.39, 0.29) is 0 Å². The lowest BCUT2D eigenvalue weighted by molar-refractivity contribution is 1.16. The van der Waals surface area contributed by atoms with Crippen LogP contribution in [-0.4, -0.2) is 0 Å². The van der Waals surface area contributed by atoms with E-state index in [2.05, 4.69) is 11.2 Å². The molecule has 0 spiro atoms. The molecule has 0 radical (unpaired) electrons. The minimum absolute atomic E-state index is 0.806. The first-order valence-corrected chi connectivity index (χ1v) is 7.58. The van der Waals surface area contributed by atoms with Gasteiger partial charge in [0, 0.05) is 5.56 Å². The number of benzene rings is 2. The van der Waals surface area contributed by atoms with Crippen LogP contribution in [0.15, 0.2) is 71.9 Å². The van der Waals surface area contributed by atoms with E-state index in [1.165, 1.54) is 5.56 Å². The molecule has 1 aliphatic rings. The number of hydrogen-bond acceptors (Lipinski definition) is 2. The fourth-order valence-electron chi connectivity index (χ4n) is 1.76. The maximum atomic E-state index is 6.89. The third-order valence-electron chi connectivity index (χ3n) is 2.60. The Labute approximate surface area is 129 Å². The quantitative estimate of drug-likeness (QED) is 0.591. The molecule has 0 unspecified atom stereocenters. The monoisotopic (exact) mass is 282 g/mol. The number of fused-ring (bicyclic) bond motifs is 1. The van der Waals surface area contributed by atoms with Crippen molar-refractivity contribution in [2.75, 3.05) is 0 Å². The fourth-order valence-corrected chi connectivity index (χ4v) is 1.76. The van der Waals surface area contributed by atoms with Gasteiger partial charge in [0.15, 0.2) is 0 Å². The highest BCUT2D eigenvalue weighted by atomic mass is 15.0.